The van der Waals surface area contributed by atoms with Crippen molar-refractivity contribution in [2.45, 2.75) is 24.3 Å². The van der Waals surface area contributed by atoms with E-state index in [1.165, 1.54) is 4.31 Å². The summed E-state index contributed by atoms with van der Waals surface area (Å²) in [5, 5.41) is 3.12. The number of hydrogen-bond donors (Lipinski definition) is 1. The largest absolute Gasteiger partial charge is 0.349 e. The fraction of sp³-hybridized carbons (Fsp3) is 0.333. The quantitative estimate of drug-likeness (QED) is 0.905. The van der Waals surface area contributed by atoms with Crippen LogP contribution in [0, 0.1) is 0 Å². The van der Waals surface area contributed by atoms with E-state index in [4.69, 9.17) is 0 Å². The van der Waals surface area contributed by atoms with Gasteiger partial charge in [0, 0.05) is 25.5 Å². The van der Waals surface area contributed by atoms with E-state index >= 15 is 0 Å². The Morgan fingerprint density at radius 2 is 1.82 bits per heavy atom. The summed E-state index contributed by atoms with van der Waals surface area (Å²) in [5.74, 6) is 0.525. The third-order valence-electron chi connectivity index (χ3n) is 3.72. The maximum absolute atomic E-state index is 12.5. The fourth-order valence-electron chi connectivity index (χ4n) is 2.33. The van der Waals surface area contributed by atoms with Crippen LogP contribution in [0.4, 0.5) is 5.95 Å². The standard InChI is InChI=1S/C15H18N4O2S/c1-2-12-4-6-14(7-5-12)22(20,21)19-10-13(11-19)18-15-16-8-3-9-17-15/h3-9,13H,2,10-11H2,1H3,(H,16,17,18). The molecule has 116 valence electrons. The van der Waals surface area contributed by atoms with Crippen molar-refractivity contribution in [2.24, 2.45) is 0 Å². The third kappa shape index (κ3) is 2.95. The van der Waals surface area contributed by atoms with Gasteiger partial charge in [-0.15, -0.1) is 0 Å². The highest BCUT2D eigenvalue weighted by atomic mass is 32.2. The maximum atomic E-state index is 12.5. The topological polar surface area (TPSA) is 75.2 Å². The smallest absolute Gasteiger partial charge is 0.243 e. The number of rotatable bonds is 5. The van der Waals surface area contributed by atoms with Gasteiger partial charge in [-0.05, 0) is 30.2 Å². The van der Waals surface area contributed by atoms with E-state index < -0.39 is 10.0 Å². The van der Waals surface area contributed by atoms with Gasteiger partial charge in [0.2, 0.25) is 16.0 Å². The van der Waals surface area contributed by atoms with Crippen LogP contribution in [0.2, 0.25) is 0 Å². The Bertz CT molecular complexity index is 726. The summed E-state index contributed by atoms with van der Waals surface area (Å²) >= 11 is 0. The first kappa shape index (κ1) is 14.9. The minimum Gasteiger partial charge on any atom is -0.349 e. The minimum atomic E-state index is -3.40. The van der Waals surface area contributed by atoms with Crippen LogP contribution in [-0.4, -0.2) is 41.8 Å². The molecule has 1 N–H and O–H groups in total. The van der Waals surface area contributed by atoms with Crippen LogP contribution in [0.15, 0.2) is 47.6 Å². The van der Waals surface area contributed by atoms with Gasteiger partial charge in [-0.25, -0.2) is 18.4 Å². The van der Waals surface area contributed by atoms with E-state index in [1.807, 2.05) is 19.1 Å². The van der Waals surface area contributed by atoms with Gasteiger partial charge in [0.1, 0.15) is 0 Å². The molecule has 7 heteroatoms. The van der Waals surface area contributed by atoms with Crippen LogP contribution in [0.25, 0.3) is 0 Å². The Hall–Kier alpha value is -1.99. The molecular weight excluding hydrogens is 300 g/mol. The molecule has 0 atom stereocenters. The second kappa shape index (κ2) is 6.02. The molecule has 0 aliphatic carbocycles. The van der Waals surface area contributed by atoms with E-state index in [2.05, 4.69) is 15.3 Å². The first-order valence-corrected chi connectivity index (χ1v) is 8.66. The average Bonchev–Trinajstić information content (AvgIpc) is 2.51. The van der Waals surface area contributed by atoms with Crippen molar-refractivity contribution in [1.82, 2.24) is 14.3 Å². The predicted octanol–water partition coefficient (Wildman–Crippen LogP) is 1.52. The zero-order valence-electron chi connectivity index (χ0n) is 12.3. The van der Waals surface area contributed by atoms with Gasteiger partial charge in [-0.1, -0.05) is 19.1 Å². The highest BCUT2D eigenvalue weighted by molar-refractivity contribution is 7.89. The lowest BCUT2D eigenvalue weighted by Gasteiger charge is -2.38. The molecule has 0 spiro atoms. The lowest BCUT2D eigenvalue weighted by atomic mass is 10.2. The van der Waals surface area contributed by atoms with Crippen molar-refractivity contribution >= 4 is 16.0 Å². The highest BCUT2D eigenvalue weighted by Crippen LogP contribution is 2.23. The zero-order valence-corrected chi connectivity index (χ0v) is 13.1. The minimum absolute atomic E-state index is 0.0482. The summed E-state index contributed by atoms with van der Waals surface area (Å²) < 4.78 is 26.4. The molecule has 1 aromatic carbocycles. The summed E-state index contributed by atoms with van der Waals surface area (Å²) in [6, 6.07) is 8.86. The van der Waals surface area contributed by atoms with Gasteiger partial charge in [0.05, 0.1) is 10.9 Å². The van der Waals surface area contributed by atoms with Crippen LogP contribution in [0.3, 0.4) is 0 Å². The zero-order chi connectivity index (χ0) is 15.6. The summed E-state index contributed by atoms with van der Waals surface area (Å²) in [5.41, 5.74) is 1.13. The van der Waals surface area contributed by atoms with Crippen molar-refractivity contribution in [2.75, 3.05) is 18.4 Å². The normalized spacial score (nSPS) is 16.2. The Kier molecular flexibility index (Phi) is 4.08. The summed E-state index contributed by atoms with van der Waals surface area (Å²) in [4.78, 5) is 8.50. The van der Waals surface area contributed by atoms with E-state index in [1.54, 1.807) is 30.6 Å². The van der Waals surface area contributed by atoms with Gasteiger partial charge in [0.25, 0.3) is 0 Å². The number of aromatic nitrogens is 2. The van der Waals surface area contributed by atoms with Crippen LogP contribution in [0.1, 0.15) is 12.5 Å². The molecular formula is C15H18N4O2S. The molecule has 0 unspecified atom stereocenters. The molecule has 1 fully saturated rings. The van der Waals surface area contributed by atoms with Gasteiger partial charge >= 0.3 is 0 Å². The number of nitrogens with zero attached hydrogens (tertiary/aromatic N) is 3. The van der Waals surface area contributed by atoms with E-state index in [9.17, 15) is 8.42 Å². The van der Waals surface area contributed by atoms with Crippen LogP contribution in [-0.2, 0) is 16.4 Å². The lowest BCUT2D eigenvalue weighted by Crippen LogP contribution is -2.56. The monoisotopic (exact) mass is 318 g/mol. The van der Waals surface area contributed by atoms with Crippen molar-refractivity contribution in [1.29, 1.82) is 0 Å². The molecule has 6 nitrogen and oxygen atoms in total. The highest BCUT2D eigenvalue weighted by Gasteiger charge is 2.36. The first-order valence-electron chi connectivity index (χ1n) is 7.22. The van der Waals surface area contributed by atoms with Crippen molar-refractivity contribution < 1.29 is 8.42 Å². The molecule has 0 bridgehead atoms. The SMILES string of the molecule is CCc1ccc(S(=O)(=O)N2CC(Nc3ncccn3)C2)cc1. The van der Waals surface area contributed by atoms with Crippen molar-refractivity contribution in [3.8, 4) is 0 Å². The Morgan fingerprint density at radius 1 is 1.18 bits per heavy atom. The van der Waals surface area contributed by atoms with Gasteiger partial charge < -0.3 is 5.32 Å². The molecule has 0 saturated carbocycles. The number of benzene rings is 1. The Labute approximate surface area is 130 Å². The van der Waals surface area contributed by atoms with Crippen LogP contribution < -0.4 is 5.32 Å². The number of anilines is 1. The molecule has 1 aliphatic rings. The second-order valence-corrected chi connectivity index (χ2v) is 7.17. The van der Waals surface area contributed by atoms with E-state index in [0.717, 1.165) is 12.0 Å². The Balaban J connectivity index is 1.63. The number of aryl methyl sites for hydroxylation is 1. The predicted molar refractivity (Wildman–Crippen MR) is 84.0 cm³/mol. The molecule has 3 rings (SSSR count). The second-order valence-electron chi connectivity index (χ2n) is 5.23. The van der Waals surface area contributed by atoms with Crippen LogP contribution >= 0.6 is 0 Å². The first-order chi connectivity index (χ1) is 10.6. The van der Waals surface area contributed by atoms with Gasteiger partial charge in [0.15, 0.2) is 0 Å². The summed E-state index contributed by atoms with van der Waals surface area (Å²) in [6.07, 6.45) is 4.20. The van der Waals surface area contributed by atoms with Crippen molar-refractivity contribution in [3.05, 3.63) is 48.3 Å². The molecule has 0 amide bonds. The van der Waals surface area contributed by atoms with E-state index in [0.29, 0.717) is 23.9 Å². The third-order valence-corrected chi connectivity index (χ3v) is 5.56. The van der Waals surface area contributed by atoms with E-state index in [-0.39, 0.29) is 6.04 Å². The summed E-state index contributed by atoms with van der Waals surface area (Å²) in [7, 11) is -3.40. The average molecular weight is 318 g/mol. The number of hydrogen-bond acceptors (Lipinski definition) is 5. The Morgan fingerprint density at radius 3 is 2.41 bits per heavy atom. The number of sulfonamides is 1. The molecule has 1 aliphatic heterocycles. The molecule has 2 heterocycles. The molecule has 2 aromatic rings. The van der Waals surface area contributed by atoms with Gasteiger partial charge in [-0.2, -0.15) is 4.31 Å². The molecule has 1 saturated heterocycles. The maximum Gasteiger partial charge on any atom is 0.243 e. The molecule has 22 heavy (non-hydrogen) atoms. The lowest BCUT2D eigenvalue weighted by molar-refractivity contribution is 0.280. The fourth-order valence-corrected chi connectivity index (χ4v) is 3.86. The number of nitrogens with one attached hydrogen (secondary N) is 1. The summed E-state index contributed by atoms with van der Waals surface area (Å²) in [6.45, 7) is 2.90. The molecule has 1 aromatic heterocycles. The van der Waals surface area contributed by atoms with Gasteiger partial charge in [-0.3, -0.25) is 0 Å². The molecule has 0 radical (unpaired) electrons. The van der Waals surface area contributed by atoms with Crippen LogP contribution in [0.5, 0.6) is 0 Å². The van der Waals surface area contributed by atoms with Crippen molar-refractivity contribution in [3.63, 3.8) is 0 Å².